The van der Waals surface area contributed by atoms with Crippen LogP contribution in [0.3, 0.4) is 0 Å². The number of methoxy groups -OCH3 is 1. The van der Waals surface area contributed by atoms with Gasteiger partial charge in [-0.25, -0.2) is 4.79 Å². The van der Waals surface area contributed by atoms with Crippen LogP contribution in [0.5, 0.6) is 5.75 Å². The van der Waals surface area contributed by atoms with Gasteiger partial charge in [0.1, 0.15) is 5.75 Å². The van der Waals surface area contributed by atoms with Crippen LogP contribution in [-0.2, 0) is 4.74 Å². The van der Waals surface area contributed by atoms with Crippen molar-refractivity contribution in [3.05, 3.63) is 60.2 Å². The number of esters is 1. The number of anilines is 1. The highest BCUT2D eigenvalue weighted by Crippen LogP contribution is 2.17. The fourth-order valence-corrected chi connectivity index (χ4v) is 1.90. The van der Waals surface area contributed by atoms with Crippen LogP contribution in [-0.4, -0.2) is 26.4 Å². The first-order valence-corrected chi connectivity index (χ1v) is 6.74. The molecule has 1 unspecified atom stereocenters. The zero-order valence-corrected chi connectivity index (χ0v) is 12.4. The number of hydrogen-bond donors (Lipinski definition) is 0. The Kier molecular flexibility index (Phi) is 4.82. The van der Waals surface area contributed by atoms with Gasteiger partial charge in [0.15, 0.2) is 6.23 Å². The summed E-state index contributed by atoms with van der Waals surface area (Å²) in [6, 6.07) is 16.6. The third kappa shape index (κ3) is 3.75. The largest absolute Gasteiger partial charge is 0.497 e. The van der Waals surface area contributed by atoms with Gasteiger partial charge in [0.25, 0.3) is 0 Å². The van der Waals surface area contributed by atoms with Crippen molar-refractivity contribution in [2.45, 2.75) is 13.2 Å². The molecule has 110 valence electrons. The summed E-state index contributed by atoms with van der Waals surface area (Å²) in [6.45, 7) is 1.84. The zero-order chi connectivity index (χ0) is 15.2. The van der Waals surface area contributed by atoms with E-state index in [1.165, 1.54) is 0 Å². The topological polar surface area (TPSA) is 38.8 Å². The molecular weight excluding hydrogens is 266 g/mol. The second-order valence-corrected chi connectivity index (χ2v) is 4.68. The number of carbonyl (C=O) groups excluding carboxylic acids is 1. The molecule has 2 rings (SSSR count). The molecule has 0 heterocycles. The Morgan fingerprint density at radius 3 is 2.24 bits per heavy atom. The van der Waals surface area contributed by atoms with Gasteiger partial charge in [-0.05, 0) is 43.3 Å². The Morgan fingerprint density at radius 2 is 1.67 bits per heavy atom. The molecule has 0 amide bonds. The van der Waals surface area contributed by atoms with Crippen molar-refractivity contribution in [3.63, 3.8) is 0 Å². The van der Waals surface area contributed by atoms with Crippen LogP contribution in [0.4, 0.5) is 5.69 Å². The lowest BCUT2D eigenvalue weighted by atomic mass is 10.2. The minimum atomic E-state index is -0.359. The average Bonchev–Trinajstić information content (AvgIpc) is 2.55. The molecule has 4 nitrogen and oxygen atoms in total. The molecule has 0 bridgehead atoms. The Balaban J connectivity index is 2.01. The van der Waals surface area contributed by atoms with Crippen molar-refractivity contribution in [2.75, 3.05) is 19.1 Å². The van der Waals surface area contributed by atoms with Crippen molar-refractivity contribution >= 4 is 11.7 Å². The van der Waals surface area contributed by atoms with E-state index in [0.717, 1.165) is 5.69 Å². The van der Waals surface area contributed by atoms with Gasteiger partial charge in [0.2, 0.25) is 0 Å². The summed E-state index contributed by atoms with van der Waals surface area (Å²) in [4.78, 5) is 14.0. The molecule has 1 atom stereocenters. The van der Waals surface area contributed by atoms with Crippen LogP contribution >= 0.6 is 0 Å². The minimum Gasteiger partial charge on any atom is -0.497 e. The molecule has 0 aromatic heterocycles. The molecule has 0 spiro atoms. The fourth-order valence-electron chi connectivity index (χ4n) is 1.90. The van der Waals surface area contributed by atoms with Crippen LogP contribution < -0.4 is 9.64 Å². The van der Waals surface area contributed by atoms with E-state index in [0.29, 0.717) is 11.3 Å². The maximum atomic E-state index is 12.1. The van der Waals surface area contributed by atoms with Crippen molar-refractivity contribution < 1.29 is 14.3 Å². The zero-order valence-electron chi connectivity index (χ0n) is 12.4. The van der Waals surface area contributed by atoms with Crippen LogP contribution in [0.2, 0.25) is 0 Å². The third-order valence-corrected chi connectivity index (χ3v) is 3.31. The Hall–Kier alpha value is -2.49. The van der Waals surface area contributed by atoms with Gasteiger partial charge in [0, 0.05) is 12.7 Å². The molecule has 0 saturated carbocycles. The Labute approximate surface area is 124 Å². The van der Waals surface area contributed by atoms with Crippen LogP contribution in [0.15, 0.2) is 54.6 Å². The van der Waals surface area contributed by atoms with Crippen molar-refractivity contribution in [1.82, 2.24) is 0 Å². The van der Waals surface area contributed by atoms with Gasteiger partial charge < -0.3 is 14.4 Å². The molecule has 2 aromatic rings. The summed E-state index contributed by atoms with van der Waals surface area (Å²) in [7, 11) is 3.48. The summed E-state index contributed by atoms with van der Waals surface area (Å²) in [5.74, 6) is 0.355. The third-order valence-electron chi connectivity index (χ3n) is 3.31. The number of para-hydroxylation sites is 1. The molecular formula is C17H19NO3. The molecule has 0 aliphatic rings. The number of hydrogen-bond acceptors (Lipinski definition) is 4. The molecule has 0 radical (unpaired) electrons. The van der Waals surface area contributed by atoms with Crippen molar-refractivity contribution in [2.24, 2.45) is 0 Å². The number of nitrogens with zero attached hydrogens (tertiary/aromatic N) is 1. The first-order valence-electron chi connectivity index (χ1n) is 6.74. The number of rotatable bonds is 5. The fraction of sp³-hybridized carbons (Fsp3) is 0.235. The SMILES string of the molecule is COc1ccc(C(=O)OC(C)N(C)c2ccccc2)cc1. The Bertz CT molecular complexity index is 581. The average molecular weight is 285 g/mol. The maximum Gasteiger partial charge on any atom is 0.340 e. The molecule has 0 fully saturated rings. The first-order chi connectivity index (χ1) is 10.1. The summed E-state index contributed by atoms with van der Waals surface area (Å²) in [5.41, 5.74) is 1.50. The predicted octanol–water partition coefficient (Wildman–Crippen LogP) is 3.33. The molecule has 0 N–H and O–H groups in total. The van der Waals surface area contributed by atoms with Gasteiger partial charge >= 0.3 is 5.97 Å². The minimum absolute atomic E-state index is 0.354. The smallest absolute Gasteiger partial charge is 0.340 e. The van der Waals surface area contributed by atoms with E-state index in [1.54, 1.807) is 31.4 Å². The molecule has 21 heavy (non-hydrogen) atoms. The lowest BCUT2D eigenvalue weighted by molar-refractivity contribution is 0.0344. The van der Waals surface area contributed by atoms with Gasteiger partial charge in [-0.1, -0.05) is 18.2 Å². The number of carbonyl (C=O) groups is 1. The van der Waals surface area contributed by atoms with E-state index in [-0.39, 0.29) is 12.2 Å². The molecule has 2 aromatic carbocycles. The predicted molar refractivity (Wildman–Crippen MR) is 82.7 cm³/mol. The van der Waals surface area contributed by atoms with Gasteiger partial charge in [-0.3, -0.25) is 0 Å². The lowest BCUT2D eigenvalue weighted by Gasteiger charge is -2.26. The van der Waals surface area contributed by atoms with Gasteiger partial charge in [-0.2, -0.15) is 0 Å². The number of benzene rings is 2. The molecule has 0 saturated heterocycles. The van der Waals surface area contributed by atoms with E-state index in [9.17, 15) is 4.79 Å². The first kappa shape index (κ1) is 14.9. The summed E-state index contributed by atoms with van der Waals surface area (Å²) in [6.07, 6.45) is -0.359. The quantitative estimate of drug-likeness (QED) is 0.624. The van der Waals surface area contributed by atoms with E-state index < -0.39 is 0 Å². The second-order valence-electron chi connectivity index (χ2n) is 4.68. The van der Waals surface area contributed by atoms with E-state index in [4.69, 9.17) is 9.47 Å². The highest BCUT2D eigenvalue weighted by Gasteiger charge is 2.16. The summed E-state index contributed by atoms with van der Waals surface area (Å²) >= 11 is 0. The van der Waals surface area contributed by atoms with Crippen LogP contribution in [0.1, 0.15) is 17.3 Å². The highest BCUT2D eigenvalue weighted by atomic mass is 16.6. The maximum absolute atomic E-state index is 12.1. The van der Waals surface area contributed by atoms with Crippen LogP contribution in [0.25, 0.3) is 0 Å². The molecule has 0 aliphatic heterocycles. The Morgan fingerprint density at radius 1 is 1.05 bits per heavy atom. The van der Waals surface area contributed by atoms with Crippen molar-refractivity contribution in [3.8, 4) is 5.75 Å². The standard InChI is InChI=1S/C17H19NO3/c1-13(18(2)15-7-5-4-6-8-15)21-17(19)14-9-11-16(20-3)12-10-14/h4-13H,1-3H3. The summed E-state index contributed by atoms with van der Waals surface area (Å²) < 4.78 is 10.5. The highest BCUT2D eigenvalue weighted by molar-refractivity contribution is 5.89. The molecule has 0 aliphatic carbocycles. The van der Waals surface area contributed by atoms with E-state index in [1.807, 2.05) is 49.2 Å². The lowest BCUT2D eigenvalue weighted by Crippen LogP contribution is -2.33. The normalized spacial score (nSPS) is 11.6. The monoisotopic (exact) mass is 285 g/mol. The van der Waals surface area contributed by atoms with Gasteiger partial charge in [0.05, 0.1) is 12.7 Å². The summed E-state index contributed by atoms with van der Waals surface area (Å²) in [5, 5.41) is 0. The van der Waals surface area contributed by atoms with Gasteiger partial charge in [-0.15, -0.1) is 0 Å². The number of ether oxygens (including phenoxy) is 2. The second kappa shape index (κ2) is 6.79. The van der Waals surface area contributed by atoms with E-state index >= 15 is 0 Å². The van der Waals surface area contributed by atoms with Crippen molar-refractivity contribution in [1.29, 1.82) is 0 Å². The molecule has 4 heteroatoms. The van der Waals surface area contributed by atoms with E-state index in [2.05, 4.69) is 0 Å². The van der Waals surface area contributed by atoms with Crippen LogP contribution in [0, 0.1) is 0 Å².